The third kappa shape index (κ3) is 4.07. The summed E-state index contributed by atoms with van der Waals surface area (Å²) in [5.74, 6) is -0.329. The molecule has 112 valence electrons. The Balaban J connectivity index is 2.19. The number of alkyl halides is 3. The van der Waals surface area contributed by atoms with Gasteiger partial charge >= 0.3 is 6.18 Å². The van der Waals surface area contributed by atoms with Gasteiger partial charge in [0.2, 0.25) is 0 Å². The number of nitrogens with one attached hydrogen (secondary N) is 1. The molecule has 0 fully saturated rings. The first-order valence-electron chi connectivity index (χ1n) is 5.91. The van der Waals surface area contributed by atoms with Crippen LogP contribution in [0.4, 0.5) is 19.0 Å². The Labute approximate surface area is 127 Å². The standard InChI is InChI=1S/C13H11BrF3N3O/c1-8-5-9(14)6-18-11(8)19-12(21)10-3-2-4-20(10)7-13(15,16)17/h2-6H,7H2,1H3,(H,18,19,21). The quantitative estimate of drug-likeness (QED) is 0.904. The van der Waals surface area contributed by atoms with Crippen molar-refractivity contribution in [3.05, 3.63) is 46.3 Å². The first-order valence-corrected chi connectivity index (χ1v) is 6.71. The van der Waals surface area contributed by atoms with Crippen molar-refractivity contribution in [3.8, 4) is 0 Å². The van der Waals surface area contributed by atoms with Crippen LogP contribution in [-0.4, -0.2) is 21.6 Å². The van der Waals surface area contributed by atoms with Crippen LogP contribution in [0.1, 0.15) is 16.1 Å². The molecule has 8 heteroatoms. The average Bonchev–Trinajstić information content (AvgIpc) is 2.78. The highest BCUT2D eigenvalue weighted by molar-refractivity contribution is 9.10. The molecule has 0 saturated heterocycles. The van der Waals surface area contributed by atoms with Crippen molar-refractivity contribution in [1.82, 2.24) is 9.55 Å². The summed E-state index contributed by atoms with van der Waals surface area (Å²) in [5, 5.41) is 2.51. The summed E-state index contributed by atoms with van der Waals surface area (Å²) in [7, 11) is 0. The van der Waals surface area contributed by atoms with Crippen molar-refractivity contribution in [2.45, 2.75) is 19.6 Å². The Kier molecular flexibility index (Phi) is 4.36. The van der Waals surface area contributed by atoms with Crippen LogP contribution >= 0.6 is 15.9 Å². The zero-order valence-electron chi connectivity index (χ0n) is 10.9. The van der Waals surface area contributed by atoms with Gasteiger partial charge in [-0.1, -0.05) is 0 Å². The van der Waals surface area contributed by atoms with Gasteiger partial charge in [-0.15, -0.1) is 0 Å². The molecule has 0 aromatic carbocycles. The predicted octanol–water partition coefficient (Wildman–Crippen LogP) is 3.77. The Morgan fingerprint density at radius 1 is 1.48 bits per heavy atom. The molecule has 0 unspecified atom stereocenters. The molecular weight excluding hydrogens is 351 g/mol. The van der Waals surface area contributed by atoms with Crippen molar-refractivity contribution in [1.29, 1.82) is 0 Å². The molecule has 0 bridgehead atoms. The summed E-state index contributed by atoms with van der Waals surface area (Å²) >= 11 is 3.24. The highest BCUT2D eigenvalue weighted by atomic mass is 79.9. The zero-order valence-corrected chi connectivity index (χ0v) is 12.5. The predicted molar refractivity (Wildman–Crippen MR) is 75.1 cm³/mol. The van der Waals surface area contributed by atoms with E-state index in [1.54, 1.807) is 13.0 Å². The monoisotopic (exact) mass is 361 g/mol. The van der Waals surface area contributed by atoms with Gasteiger partial charge in [-0.05, 0) is 46.6 Å². The molecule has 0 aliphatic rings. The molecule has 1 amide bonds. The lowest BCUT2D eigenvalue weighted by Gasteiger charge is -2.12. The molecule has 21 heavy (non-hydrogen) atoms. The van der Waals surface area contributed by atoms with Gasteiger partial charge in [0, 0.05) is 16.9 Å². The van der Waals surface area contributed by atoms with Crippen LogP contribution < -0.4 is 5.32 Å². The number of pyridine rings is 1. The molecule has 0 spiro atoms. The lowest BCUT2D eigenvalue weighted by atomic mass is 10.3. The third-order valence-electron chi connectivity index (χ3n) is 2.69. The number of carbonyl (C=O) groups excluding carboxylic acids is 1. The van der Waals surface area contributed by atoms with Crippen molar-refractivity contribution >= 4 is 27.7 Å². The second-order valence-corrected chi connectivity index (χ2v) is 5.33. The van der Waals surface area contributed by atoms with E-state index >= 15 is 0 Å². The van der Waals surface area contributed by atoms with Gasteiger partial charge in [-0.25, -0.2) is 4.98 Å². The van der Waals surface area contributed by atoms with E-state index in [9.17, 15) is 18.0 Å². The minimum atomic E-state index is -4.39. The van der Waals surface area contributed by atoms with E-state index in [2.05, 4.69) is 26.2 Å². The summed E-state index contributed by atoms with van der Waals surface area (Å²) in [5.41, 5.74) is 0.628. The number of aromatic nitrogens is 2. The summed E-state index contributed by atoms with van der Waals surface area (Å²) in [4.78, 5) is 16.1. The van der Waals surface area contributed by atoms with Crippen LogP contribution in [0.25, 0.3) is 0 Å². The van der Waals surface area contributed by atoms with Crippen LogP contribution in [0, 0.1) is 6.92 Å². The minimum Gasteiger partial charge on any atom is -0.334 e. The number of amides is 1. The first-order chi connectivity index (χ1) is 9.76. The van der Waals surface area contributed by atoms with Crippen LogP contribution in [0.15, 0.2) is 35.1 Å². The van der Waals surface area contributed by atoms with E-state index in [4.69, 9.17) is 0 Å². The molecule has 4 nitrogen and oxygen atoms in total. The average molecular weight is 362 g/mol. The number of anilines is 1. The van der Waals surface area contributed by atoms with Gasteiger partial charge < -0.3 is 9.88 Å². The maximum Gasteiger partial charge on any atom is 0.406 e. The van der Waals surface area contributed by atoms with Crippen LogP contribution in [0.2, 0.25) is 0 Å². The van der Waals surface area contributed by atoms with E-state index in [1.165, 1.54) is 24.5 Å². The Bertz CT molecular complexity index is 667. The Morgan fingerprint density at radius 3 is 2.81 bits per heavy atom. The number of halogens is 4. The van der Waals surface area contributed by atoms with E-state index in [0.717, 1.165) is 9.04 Å². The highest BCUT2D eigenvalue weighted by Gasteiger charge is 2.29. The lowest BCUT2D eigenvalue weighted by Crippen LogP contribution is -2.23. The molecule has 0 aliphatic heterocycles. The molecule has 2 heterocycles. The maximum absolute atomic E-state index is 12.4. The summed E-state index contributed by atoms with van der Waals surface area (Å²) in [6, 6.07) is 4.47. The number of hydrogen-bond acceptors (Lipinski definition) is 2. The van der Waals surface area contributed by atoms with Crippen LogP contribution in [0.5, 0.6) is 0 Å². The molecule has 2 aromatic heterocycles. The Morgan fingerprint density at radius 2 is 2.19 bits per heavy atom. The highest BCUT2D eigenvalue weighted by Crippen LogP contribution is 2.20. The Hall–Kier alpha value is -1.83. The van der Waals surface area contributed by atoms with Gasteiger partial charge in [0.05, 0.1) is 0 Å². The van der Waals surface area contributed by atoms with Gasteiger partial charge in [0.25, 0.3) is 5.91 Å². The molecule has 2 aromatic rings. The van der Waals surface area contributed by atoms with Gasteiger partial charge in [-0.2, -0.15) is 13.2 Å². The van der Waals surface area contributed by atoms with Crippen molar-refractivity contribution in [2.24, 2.45) is 0 Å². The number of carbonyl (C=O) groups is 1. The minimum absolute atomic E-state index is 0.0727. The summed E-state index contributed by atoms with van der Waals surface area (Å²) in [6.07, 6.45) is -1.68. The molecule has 2 rings (SSSR count). The van der Waals surface area contributed by atoms with E-state index in [0.29, 0.717) is 11.4 Å². The molecule has 0 radical (unpaired) electrons. The SMILES string of the molecule is Cc1cc(Br)cnc1NC(=O)c1cccn1CC(F)(F)F. The molecular formula is C13H11BrF3N3O. The molecule has 1 N–H and O–H groups in total. The topological polar surface area (TPSA) is 46.9 Å². The number of rotatable bonds is 3. The zero-order chi connectivity index (χ0) is 15.6. The number of nitrogens with zero attached hydrogens (tertiary/aromatic N) is 2. The van der Waals surface area contributed by atoms with Crippen LogP contribution in [-0.2, 0) is 6.54 Å². The number of aryl methyl sites for hydroxylation is 1. The van der Waals surface area contributed by atoms with Gasteiger partial charge in [-0.3, -0.25) is 4.79 Å². The van der Waals surface area contributed by atoms with E-state index < -0.39 is 18.6 Å². The van der Waals surface area contributed by atoms with Crippen LogP contribution in [0.3, 0.4) is 0 Å². The smallest absolute Gasteiger partial charge is 0.334 e. The van der Waals surface area contributed by atoms with Crippen molar-refractivity contribution < 1.29 is 18.0 Å². The summed E-state index contributed by atoms with van der Waals surface area (Å²) in [6.45, 7) is 0.525. The lowest BCUT2D eigenvalue weighted by molar-refractivity contribution is -0.140. The second-order valence-electron chi connectivity index (χ2n) is 4.41. The fourth-order valence-electron chi connectivity index (χ4n) is 1.79. The second kappa shape index (κ2) is 5.88. The largest absolute Gasteiger partial charge is 0.406 e. The normalized spacial score (nSPS) is 11.5. The number of hydrogen-bond donors (Lipinski definition) is 1. The van der Waals surface area contributed by atoms with Gasteiger partial charge in [0.15, 0.2) is 0 Å². The molecule has 0 saturated carbocycles. The first kappa shape index (κ1) is 15.6. The van der Waals surface area contributed by atoms with Crippen molar-refractivity contribution in [2.75, 3.05) is 5.32 Å². The fraction of sp³-hybridized carbons (Fsp3) is 0.231. The molecule has 0 aliphatic carbocycles. The van der Waals surface area contributed by atoms with Gasteiger partial charge in [0.1, 0.15) is 18.1 Å². The third-order valence-corrected chi connectivity index (χ3v) is 3.12. The maximum atomic E-state index is 12.4. The van der Waals surface area contributed by atoms with E-state index in [-0.39, 0.29) is 5.69 Å². The fourth-order valence-corrected chi connectivity index (χ4v) is 2.24. The molecule has 0 atom stereocenters. The summed E-state index contributed by atoms with van der Waals surface area (Å²) < 4.78 is 38.9. The van der Waals surface area contributed by atoms with Crippen molar-refractivity contribution in [3.63, 3.8) is 0 Å². The van der Waals surface area contributed by atoms with E-state index in [1.807, 2.05) is 0 Å².